The molecule has 2 aromatic heterocycles. The van der Waals surface area contributed by atoms with Gasteiger partial charge in [0.15, 0.2) is 0 Å². The Morgan fingerprint density at radius 3 is 2.52 bits per heavy atom. The molecule has 25 heavy (non-hydrogen) atoms. The minimum Gasteiger partial charge on any atom is -0.337 e. The van der Waals surface area contributed by atoms with E-state index in [0.717, 1.165) is 21.3 Å². The topological polar surface area (TPSA) is 68.1 Å². The number of carbonyl (C=O) groups is 1. The highest BCUT2D eigenvalue weighted by Gasteiger charge is 2.33. The molecule has 2 aromatic rings. The van der Waals surface area contributed by atoms with Crippen LogP contribution < -0.4 is 5.56 Å². The molecule has 0 aromatic carbocycles. The first kappa shape index (κ1) is 17.8. The summed E-state index contributed by atoms with van der Waals surface area (Å²) in [6.45, 7) is 11.9. The fourth-order valence-electron chi connectivity index (χ4n) is 2.95. The monoisotopic (exact) mass is 360 g/mol. The van der Waals surface area contributed by atoms with Crippen LogP contribution in [-0.2, 0) is 12.0 Å². The van der Waals surface area contributed by atoms with Crippen molar-refractivity contribution in [2.75, 3.05) is 13.1 Å². The fraction of sp³-hybridized carbons (Fsp3) is 0.556. The van der Waals surface area contributed by atoms with Gasteiger partial charge in [-0.2, -0.15) is 5.10 Å². The number of amides is 1. The third-order valence-corrected chi connectivity index (χ3v) is 5.47. The van der Waals surface area contributed by atoms with Gasteiger partial charge in [0.05, 0.1) is 22.9 Å². The van der Waals surface area contributed by atoms with E-state index in [-0.39, 0.29) is 22.8 Å². The standard InChI is InChI=1S/C18H24N4O2S/c1-11-16(25-12(2)19-11)17(24)21-8-13(9-21)10-22-15(23)7-6-14(20-22)18(3,4)5/h6-7,13H,8-10H2,1-5H3. The van der Waals surface area contributed by atoms with Crippen molar-refractivity contribution in [2.24, 2.45) is 5.92 Å². The smallest absolute Gasteiger partial charge is 0.266 e. The number of rotatable bonds is 3. The number of nitrogens with zero attached hydrogens (tertiary/aromatic N) is 4. The summed E-state index contributed by atoms with van der Waals surface area (Å²) < 4.78 is 1.54. The molecular formula is C18H24N4O2S. The SMILES string of the molecule is Cc1nc(C)c(C(=O)N2CC(Cn3nc(C(C)(C)C)ccc3=O)C2)s1. The van der Waals surface area contributed by atoms with Crippen molar-refractivity contribution in [3.63, 3.8) is 0 Å². The third-order valence-electron chi connectivity index (χ3n) is 4.41. The Balaban J connectivity index is 1.65. The zero-order valence-electron chi connectivity index (χ0n) is 15.4. The molecule has 0 aliphatic carbocycles. The van der Waals surface area contributed by atoms with E-state index in [1.807, 2.05) is 18.7 Å². The van der Waals surface area contributed by atoms with Gasteiger partial charge in [-0.1, -0.05) is 20.8 Å². The van der Waals surface area contributed by atoms with Gasteiger partial charge in [0.25, 0.3) is 11.5 Å². The van der Waals surface area contributed by atoms with Crippen molar-refractivity contribution < 1.29 is 4.79 Å². The molecule has 1 aliphatic heterocycles. The summed E-state index contributed by atoms with van der Waals surface area (Å²) in [4.78, 5) is 31.5. The molecule has 0 saturated carbocycles. The first-order valence-corrected chi connectivity index (χ1v) is 9.29. The highest BCUT2D eigenvalue weighted by Crippen LogP contribution is 2.25. The highest BCUT2D eigenvalue weighted by atomic mass is 32.1. The molecule has 0 spiro atoms. The summed E-state index contributed by atoms with van der Waals surface area (Å²) in [7, 11) is 0. The van der Waals surface area contributed by atoms with E-state index >= 15 is 0 Å². The molecule has 1 amide bonds. The molecule has 0 radical (unpaired) electrons. The lowest BCUT2D eigenvalue weighted by molar-refractivity contribution is 0.0461. The molecule has 0 unspecified atom stereocenters. The van der Waals surface area contributed by atoms with Crippen LogP contribution in [-0.4, -0.2) is 38.7 Å². The molecule has 6 nitrogen and oxygen atoms in total. The molecular weight excluding hydrogens is 336 g/mol. The summed E-state index contributed by atoms with van der Waals surface area (Å²) >= 11 is 1.44. The average Bonchev–Trinajstić information content (AvgIpc) is 2.81. The number of hydrogen-bond donors (Lipinski definition) is 0. The van der Waals surface area contributed by atoms with Crippen LogP contribution in [0, 0.1) is 19.8 Å². The number of likely N-dealkylation sites (tertiary alicyclic amines) is 1. The maximum absolute atomic E-state index is 12.5. The Labute approximate surface area is 151 Å². The van der Waals surface area contributed by atoms with Crippen molar-refractivity contribution in [3.8, 4) is 0 Å². The number of carbonyl (C=O) groups excluding carboxylic acids is 1. The Bertz CT molecular complexity index is 857. The first-order chi connectivity index (χ1) is 11.6. The van der Waals surface area contributed by atoms with E-state index in [1.165, 1.54) is 16.0 Å². The van der Waals surface area contributed by atoms with Crippen LogP contribution in [0.3, 0.4) is 0 Å². The molecule has 0 bridgehead atoms. The van der Waals surface area contributed by atoms with Crippen molar-refractivity contribution in [3.05, 3.63) is 43.8 Å². The van der Waals surface area contributed by atoms with Crippen molar-refractivity contribution in [2.45, 2.75) is 46.6 Å². The lowest BCUT2D eigenvalue weighted by atomic mass is 9.92. The number of thiazole rings is 1. The van der Waals surface area contributed by atoms with Crippen LogP contribution in [0.5, 0.6) is 0 Å². The quantitative estimate of drug-likeness (QED) is 0.843. The summed E-state index contributed by atoms with van der Waals surface area (Å²) in [6, 6.07) is 3.38. The minimum atomic E-state index is -0.0986. The van der Waals surface area contributed by atoms with Gasteiger partial charge in [-0.25, -0.2) is 9.67 Å². The van der Waals surface area contributed by atoms with Gasteiger partial charge in [0.2, 0.25) is 0 Å². The number of aryl methyl sites for hydroxylation is 2. The second kappa shape index (κ2) is 6.37. The molecule has 1 fully saturated rings. The first-order valence-electron chi connectivity index (χ1n) is 8.47. The van der Waals surface area contributed by atoms with E-state index < -0.39 is 0 Å². The summed E-state index contributed by atoms with van der Waals surface area (Å²) in [5, 5.41) is 5.41. The zero-order chi connectivity index (χ0) is 18.4. The molecule has 3 heterocycles. The van der Waals surface area contributed by atoms with Crippen LogP contribution in [0.15, 0.2) is 16.9 Å². The molecule has 0 N–H and O–H groups in total. The van der Waals surface area contributed by atoms with Crippen LogP contribution in [0.25, 0.3) is 0 Å². The van der Waals surface area contributed by atoms with E-state index in [1.54, 1.807) is 12.1 Å². The molecule has 0 atom stereocenters. The molecule has 7 heteroatoms. The van der Waals surface area contributed by atoms with Crippen molar-refractivity contribution in [1.82, 2.24) is 19.7 Å². The van der Waals surface area contributed by atoms with E-state index in [4.69, 9.17) is 0 Å². The van der Waals surface area contributed by atoms with Crippen LogP contribution in [0.4, 0.5) is 0 Å². The average molecular weight is 360 g/mol. The molecule has 134 valence electrons. The van der Waals surface area contributed by atoms with Crippen LogP contribution >= 0.6 is 11.3 Å². The van der Waals surface area contributed by atoms with Gasteiger partial charge < -0.3 is 4.90 Å². The summed E-state index contributed by atoms with van der Waals surface area (Å²) in [6.07, 6.45) is 0. The third kappa shape index (κ3) is 3.66. The summed E-state index contributed by atoms with van der Waals surface area (Å²) in [5.74, 6) is 0.307. The zero-order valence-corrected chi connectivity index (χ0v) is 16.2. The maximum Gasteiger partial charge on any atom is 0.266 e. The Morgan fingerprint density at radius 2 is 1.96 bits per heavy atom. The number of aromatic nitrogens is 3. The van der Waals surface area contributed by atoms with Crippen LogP contribution in [0.1, 0.15) is 46.8 Å². The maximum atomic E-state index is 12.5. The predicted octanol–water partition coefficient (Wildman–Crippen LogP) is 2.39. The van der Waals surface area contributed by atoms with E-state index in [9.17, 15) is 9.59 Å². The molecule has 3 rings (SSSR count). The lowest BCUT2D eigenvalue weighted by Crippen LogP contribution is -2.52. The fourth-order valence-corrected chi connectivity index (χ4v) is 3.84. The predicted molar refractivity (Wildman–Crippen MR) is 98.2 cm³/mol. The van der Waals surface area contributed by atoms with E-state index in [0.29, 0.717) is 19.6 Å². The minimum absolute atomic E-state index is 0.0445. The highest BCUT2D eigenvalue weighted by molar-refractivity contribution is 7.13. The van der Waals surface area contributed by atoms with Crippen LogP contribution in [0.2, 0.25) is 0 Å². The Morgan fingerprint density at radius 1 is 1.28 bits per heavy atom. The van der Waals surface area contributed by atoms with Gasteiger partial charge in [-0.05, 0) is 19.9 Å². The lowest BCUT2D eigenvalue weighted by Gasteiger charge is -2.39. The second-order valence-corrected chi connectivity index (χ2v) is 8.92. The van der Waals surface area contributed by atoms with Crippen molar-refractivity contribution in [1.29, 1.82) is 0 Å². The number of hydrogen-bond acceptors (Lipinski definition) is 5. The largest absolute Gasteiger partial charge is 0.337 e. The second-order valence-electron chi connectivity index (χ2n) is 7.71. The Kier molecular flexibility index (Phi) is 4.53. The summed E-state index contributed by atoms with van der Waals surface area (Å²) in [5.41, 5.74) is 1.51. The van der Waals surface area contributed by atoms with Gasteiger partial charge in [-0.3, -0.25) is 9.59 Å². The van der Waals surface area contributed by atoms with Gasteiger partial charge in [0.1, 0.15) is 4.88 Å². The normalized spacial score (nSPS) is 15.3. The molecule has 1 aliphatic rings. The van der Waals surface area contributed by atoms with Gasteiger partial charge in [0, 0.05) is 30.5 Å². The van der Waals surface area contributed by atoms with Gasteiger partial charge >= 0.3 is 0 Å². The van der Waals surface area contributed by atoms with Crippen molar-refractivity contribution >= 4 is 17.2 Å². The van der Waals surface area contributed by atoms with Gasteiger partial charge in [-0.15, -0.1) is 11.3 Å². The Hall–Kier alpha value is -2.02. The van der Waals surface area contributed by atoms with E-state index in [2.05, 4.69) is 30.9 Å². The molecule has 1 saturated heterocycles.